The number of rotatable bonds is 5. The van der Waals surface area contributed by atoms with Gasteiger partial charge in [0, 0.05) is 12.7 Å². The fourth-order valence-corrected chi connectivity index (χ4v) is 1.68. The molecule has 0 saturated carbocycles. The van der Waals surface area contributed by atoms with Crippen molar-refractivity contribution in [2.75, 3.05) is 20.3 Å². The molecule has 1 aromatic carbocycles. The minimum atomic E-state index is -0.435. The Bertz CT molecular complexity index is 498. The van der Waals surface area contributed by atoms with Crippen LogP contribution in [-0.4, -0.2) is 32.1 Å². The summed E-state index contributed by atoms with van der Waals surface area (Å²) in [6.45, 7) is 8.14. The molecule has 0 aliphatic rings. The van der Waals surface area contributed by atoms with Gasteiger partial charge in [0.1, 0.15) is 6.61 Å². The van der Waals surface area contributed by atoms with Gasteiger partial charge in [-0.15, -0.1) is 0 Å². The van der Waals surface area contributed by atoms with E-state index >= 15 is 0 Å². The number of hydrogen-bond acceptors (Lipinski definition) is 4. The first kappa shape index (κ1) is 16.4. The highest BCUT2D eigenvalue weighted by Crippen LogP contribution is 2.25. The zero-order valence-electron chi connectivity index (χ0n) is 12.8. The molecule has 0 N–H and O–H groups in total. The molecule has 20 heavy (non-hydrogen) atoms. The molecule has 4 heteroatoms. The third-order valence-electron chi connectivity index (χ3n) is 2.96. The Hall–Kier alpha value is -1.68. The molecule has 0 unspecified atom stereocenters. The number of carbonyl (C=O) groups is 2. The maximum absolute atomic E-state index is 12.0. The van der Waals surface area contributed by atoms with Crippen LogP contribution in [0.1, 0.15) is 54.0 Å². The molecule has 0 saturated heterocycles. The summed E-state index contributed by atoms with van der Waals surface area (Å²) in [7, 11) is 1.54. The van der Waals surface area contributed by atoms with Gasteiger partial charge in [-0.25, -0.2) is 4.79 Å². The zero-order chi connectivity index (χ0) is 15.3. The van der Waals surface area contributed by atoms with Crippen molar-refractivity contribution in [1.82, 2.24) is 0 Å². The minimum Gasteiger partial charge on any atom is -0.460 e. The van der Waals surface area contributed by atoms with Gasteiger partial charge in [0.25, 0.3) is 0 Å². The van der Waals surface area contributed by atoms with Crippen molar-refractivity contribution in [3.8, 4) is 0 Å². The second-order valence-electron chi connectivity index (χ2n) is 5.73. The largest absolute Gasteiger partial charge is 0.460 e. The lowest BCUT2D eigenvalue weighted by Gasteiger charge is -2.20. The van der Waals surface area contributed by atoms with E-state index in [-0.39, 0.29) is 17.8 Å². The van der Waals surface area contributed by atoms with E-state index in [0.29, 0.717) is 17.7 Å². The van der Waals surface area contributed by atoms with E-state index in [4.69, 9.17) is 9.47 Å². The number of ether oxygens (including phenoxy) is 2. The maximum atomic E-state index is 12.0. The molecule has 0 aliphatic carbocycles. The van der Waals surface area contributed by atoms with Gasteiger partial charge in [-0.3, -0.25) is 4.79 Å². The Morgan fingerprint density at radius 2 is 1.65 bits per heavy atom. The third-order valence-corrected chi connectivity index (χ3v) is 2.96. The Morgan fingerprint density at radius 3 is 2.15 bits per heavy atom. The second kappa shape index (κ2) is 6.66. The van der Waals surface area contributed by atoms with Gasteiger partial charge < -0.3 is 9.47 Å². The summed E-state index contributed by atoms with van der Waals surface area (Å²) >= 11 is 0. The van der Waals surface area contributed by atoms with Crippen LogP contribution >= 0.6 is 0 Å². The fraction of sp³-hybridized carbons (Fsp3) is 0.500. The topological polar surface area (TPSA) is 52.6 Å². The van der Waals surface area contributed by atoms with Gasteiger partial charge in [0.15, 0.2) is 5.78 Å². The normalized spacial score (nSPS) is 11.2. The number of hydrogen-bond donors (Lipinski definition) is 0. The number of benzene rings is 1. The van der Waals surface area contributed by atoms with Crippen LogP contribution in [0.4, 0.5) is 0 Å². The molecule has 110 valence electrons. The molecule has 4 nitrogen and oxygen atoms in total. The summed E-state index contributed by atoms with van der Waals surface area (Å²) in [6, 6.07) is 5.18. The molecular weight excluding hydrogens is 256 g/mol. The van der Waals surface area contributed by atoms with Crippen molar-refractivity contribution in [3.05, 3.63) is 34.9 Å². The van der Waals surface area contributed by atoms with E-state index in [9.17, 15) is 9.59 Å². The highest BCUT2D eigenvalue weighted by Gasteiger charge is 2.19. The van der Waals surface area contributed by atoms with E-state index in [1.54, 1.807) is 19.2 Å². The zero-order valence-corrected chi connectivity index (χ0v) is 12.8. The van der Waals surface area contributed by atoms with Gasteiger partial charge in [0.05, 0.1) is 12.2 Å². The summed E-state index contributed by atoms with van der Waals surface area (Å²) < 4.78 is 9.93. The highest BCUT2D eigenvalue weighted by molar-refractivity contribution is 5.98. The van der Waals surface area contributed by atoms with Crippen molar-refractivity contribution in [2.45, 2.75) is 33.1 Å². The SMILES string of the molecule is COCCOC(=O)c1cc(C(C)=O)cc(C(C)(C)C)c1. The Kier molecular flexibility index (Phi) is 5.45. The maximum Gasteiger partial charge on any atom is 0.338 e. The van der Waals surface area contributed by atoms with Crippen molar-refractivity contribution in [3.63, 3.8) is 0 Å². The van der Waals surface area contributed by atoms with E-state index in [1.165, 1.54) is 6.92 Å². The quantitative estimate of drug-likeness (QED) is 0.472. The summed E-state index contributed by atoms with van der Waals surface area (Å²) in [5.41, 5.74) is 1.71. The molecule has 0 bridgehead atoms. The first-order valence-corrected chi connectivity index (χ1v) is 6.58. The van der Waals surface area contributed by atoms with Crippen LogP contribution in [0, 0.1) is 0 Å². The summed E-state index contributed by atoms with van der Waals surface area (Å²) in [5, 5.41) is 0. The van der Waals surface area contributed by atoms with Crippen molar-refractivity contribution in [1.29, 1.82) is 0 Å². The molecule has 0 aromatic heterocycles. The van der Waals surface area contributed by atoms with Crippen LogP contribution in [0.3, 0.4) is 0 Å². The Morgan fingerprint density at radius 1 is 1.05 bits per heavy atom. The van der Waals surface area contributed by atoms with E-state index in [2.05, 4.69) is 0 Å². The predicted octanol–water partition coefficient (Wildman–Crippen LogP) is 2.99. The summed E-state index contributed by atoms with van der Waals surface area (Å²) in [6.07, 6.45) is 0. The molecule has 0 fully saturated rings. The van der Waals surface area contributed by atoms with Crippen molar-refractivity contribution < 1.29 is 19.1 Å². The van der Waals surface area contributed by atoms with Gasteiger partial charge in [-0.05, 0) is 36.1 Å². The van der Waals surface area contributed by atoms with Crippen LogP contribution < -0.4 is 0 Å². The molecule has 0 amide bonds. The monoisotopic (exact) mass is 278 g/mol. The lowest BCUT2D eigenvalue weighted by Crippen LogP contribution is -2.16. The molecule has 0 heterocycles. The smallest absolute Gasteiger partial charge is 0.338 e. The molecule has 0 radical (unpaired) electrons. The number of carbonyl (C=O) groups excluding carboxylic acids is 2. The first-order chi connectivity index (χ1) is 9.25. The average Bonchev–Trinajstić information content (AvgIpc) is 2.37. The highest BCUT2D eigenvalue weighted by atomic mass is 16.6. The van der Waals surface area contributed by atoms with Crippen LogP contribution in [0.25, 0.3) is 0 Å². The molecule has 0 spiro atoms. The van der Waals surface area contributed by atoms with E-state index < -0.39 is 5.97 Å². The molecule has 1 aromatic rings. The van der Waals surface area contributed by atoms with Gasteiger partial charge in [-0.2, -0.15) is 0 Å². The van der Waals surface area contributed by atoms with Gasteiger partial charge >= 0.3 is 5.97 Å². The van der Waals surface area contributed by atoms with Gasteiger partial charge in [0.2, 0.25) is 0 Å². The Labute approximate surface area is 120 Å². The average molecular weight is 278 g/mol. The van der Waals surface area contributed by atoms with Crippen LogP contribution in [0.15, 0.2) is 18.2 Å². The molecule has 0 aliphatic heterocycles. The number of Topliss-reactive ketones (excluding diaryl/α,β-unsaturated/α-hetero) is 1. The summed E-state index contributed by atoms with van der Waals surface area (Å²) in [5.74, 6) is -0.502. The number of ketones is 1. The fourth-order valence-electron chi connectivity index (χ4n) is 1.68. The predicted molar refractivity (Wildman–Crippen MR) is 77.3 cm³/mol. The lowest BCUT2D eigenvalue weighted by molar-refractivity contribution is 0.0388. The van der Waals surface area contributed by atoms with Crippen LogP contribution in [0.2, 0.25) is 0 Å². The first-order valence-electron chi connectivity index (χ1n) is 6.58. The number of esters is 1. The molecule has 0 atom stereocenters. The minimum absolute atomic E-state index is 0.0676. The molecule has 1 rings (SSSR count). The number of methoxy groups -OCH3 is 1. The van der Waals surface area contributed by atoms with Gasteiger partial charge in [-0.1, -0.05) is 20.8 Å². The second-order valence-corrected chi connectivity index (χ2v) is 5.73. The van der Waals surface area contributed by atoms with E-state index in [1.807, 2.05) is 26.8 Å². The van der Waals surface area contributed by atoms with Crippen molar-refractivity contribution >= 4 is 11.8 Å². The lowest BCUT2D eigenvalue weighted by atomic mass is 9.84. The Balaban J connectivity index is 3.09. The van der Waals surface area contributed by atoms with Crippen LogP contribution in [-0.2, 0) is 14.9 Å². The van der Waals surface area contributed by atoms with Crippen molar-refractivity contribution in [2.24, 2.45) is 0 Å². The third kappa shape index (κ3) is 4.46. The summed E-state index contributed by atoms with van der Waals surface area (Å²) in [4.78, 5) is 23.6. The van der Waals surface area contributed by atoms with E-state index in [0.717, 1.165) is 5.56 Å². The van der Waals surface area contributed by atoms with Crippen LogP contribution in [0.5, 0.6) is 0 Å². The standard InChI is InChI=1S/C16H22O4/c1-11(17)12-8-13(15(18)20-7-6-19-5)10-14(9-12)16(2,3)4/h8-10H,6-7H2,1-5H3. The molecular formula is C16H22O4.